The number of aryl methyl sites for hydroxylation is 1. The zero-order valence-corrected chi connectivity index (χ0v) is 14.2. The molecule has 0 bridgehead atoms. The average molecular weight is 324 g/mol. The van der Waals surface area contributed by atoms with Crippen molar-refractivity contribution >= 4 is 29.0 Å². The predicted molar refractivity (Wildman–Crippen MR) is 89.4 cm³/mol. The van der Waals surface area contributed by atoms with Crippen molar-refractivity contribution in [3.63, 3.8) is 0 Å². The monoisotopic (exact) mass is 323 g/mol. The molecule has 0 saturated carbocycles. The van der Waals surface area contributed by atoms with Crippen LogP contribution in [0.4, 0.5) is 5.82 Å². The highest BCUT2D eigenvalue weighted by atomic mass is 35.5. The van der Waals surface area contributed by atoms with Gasteiger partial charge in [0.15, 0.2) is 0 Å². The topological polar surface area (TPSA) is 29.0 Å². The molecular weight excluding hydrogens is 305 g/mol. The van der Waals surface area contributed by atoms with E-state index in [1.807, 2.05) is 39.1 Å². The molecule has 0 aliphatic heterocycles. The van der Waals surface area contributed by atoms with Gasteiger partial charge in [-0.2, -0.15) is 0 Å². The lowest BCUT2D eigenvalue weighted by Gasteiger charge is -2.28. The van der Waals surface area contributed by atoms with Gasteiger partial charge in [0.1, 0.15) is 16.8 Å². The smallest absolute Gasteiger partial charge is 0.137 e. The van der Waals surface area contributed by atoms with Crippen LogP contribution in [0.15, 0.2) is 24.3 Å². The van der Waals surface area contributed by atoms with E-state index in [0.29, 0.717) is 5.15 Å². The minimum atomic E-state index is 0.137. The van der Waals surface area contributed by atoms with Crippen molar-refractivity contribution in [3.8, 4) is 0 Å². The van der Waals surface area contributed by atoms with E-state index in [9.17, 15) is 0 Å². The molecule has 0 saturated heterocycles. The Morgan fingerprint density at radius 3 is 2.57 bits per heavy atom. The highest BCUT2D eigenvalue weighted by Gasteiger charge is 2.18. The Kier molecular flexibility index (Phi) is 5.07. The first-order valence-electron chi connectivity index (χ1n) is 6.95. The maximum absolute atomic E-state index is 6.22. The van der Waals surface area contributed by atoms with Gasteiger partial charge in [0.25, 0.3) is 0 Å². The van der Waals surface area contributed by atoms with Crippen molar-refractivity contribution in [3.05, 3.63) is 51.4 Å². The average Bonchev–Trinajstić information content (AvgIpc) is 2.48. The van der Waals surface area contributed by atoms with Gasteiger partial charge in [-0.3, -0.25) is 0 Å². The predicted octanol–water partition coefficient (Wildman–Crippen LogP) is 4.85. The summed E-state index contributed by atoms with van der Waals surface area (Å²) in [7, 11) is 2.01. The Morgan fingerprint density at radius 2 is 1.95 bits per heavy atom. The first-order chi connectivity index (χ1) is 9.93. The Balaban J connectivity index is 2.39. The summed E-state index contributed by atoms with van der Waals surface area (Å²) in [6.45, 7) is 6.08. The molecule has 2 aromatic rings. The van der Waals surface area contributed by atoms with Crippen LogP contribution in [0, 0.1) is 6.92 Å². The van der Waals surface area contributed by atoms with E-state index >= 15 is 0 Å². The van der Waals surface area contributed by atoms with Gasteiger partial charge in [0.05, 0.1) is 6.04 Å². The van der Waals surface area contributed by atoms with E-state index in [-0.39, 0.29) is 6.04 Å². The second kappa shape index (κ2) is 6.63. The zero-order chi connectivity index (χ0) is 15.6. The van der Waals surface area contributed by atoms with Gasteiger partial charge in [-0.25, -0.2) is 9.97 Å². The highest BCUT2D eigenvalue weighted by Crippen LogP contribution is 2.30. The van der Waals surface area contributed by atoms with Crippen molar-refractivity contribution in [1.82, 2.24) is 9.97 Å². The molecule has 3 nitrogen and oxygen atoms in total. The number of nitrogens with zero attached hydrogens (tertiary/aromatic N) is 3. The lowest BCUT2D eigenvalue weighted by Crippen LogP contribution is -2.24. The number of rotatable bonds is 4. The van der Waals surface area contributed by atoms with Crippen molar-refractivity contribution in [2.75, 3.05) is 11.9 Å². The van der Waals surface area contributed by atoms with Gasteiger partial charge >= 0.3 is 0 Å². The SMILES string of the molecule is CCc1nc(Cl)c(C)c(N(C)C(C)c2cccc(Cl)c2)n1. The first kappa shape index (κ1) is 16.1. The fourth-order valence-electron chi connectivity index (χ4n) is 2.20. The second-order valence-electron chi connectivity index (χ2n) is 5.07. The van der Waals surface area contributed by atoms with Crippen LogP contribution >= 0.6 is 23.2 Å². The zero-order valence-electron chi connectivity index (χ0n) is 12.7. The maximum atomic E-state index is 6.22. The van der Waals surface area contributed by atoms with Gasteiger partial charge in [-0.05, 0) is 31.5 Å². The molecule has 1 unspecified atom stereocenters. The van der Waals surface area contributed by atoms with E-state index in [1.54, 1.807) is 0 Å². The summed E-state index contributed by atoms with van der Waals surface area (Å²) in [5, 5.41) is 1.25. The molecule has 0 aliphatic rings. The Morgan fingerprint density at radius 1 is 1.24 bits per heavy atom. The third-order valence-corrected chi connectivity index (χ3v) is 4.27. The molecule has 0 amide bonds. The van der Waals surface area contributed by atoms with Crippen LogP contribution in [0.5, 0.6) is 0 Å². The highest BCUT2D eigenvalue weighted by molar-refractivity contribution is 6.30. The second-order valence-corrected chi connectivity index (χ2v) is 5.87. The molecule has 0 fully saturated rings. The molecule has 21 heavy (non-hydrogen) atoms. The van der Waals surface area contributed by atoms with Crippen LogP contribution in [-0.4, -0.2) is 17.0 Å². The summed E-state index contributed by atoms with van der Waals surface area (Å²) in [5.74, 6) is 1.62. The molecule has 1 aromatic heterocycles. The number of aromatic nitrogens is 2. The number of hydrogen-bond acceptors (Lipinski definition) is 3. The lowest BCUT2D eigenvalue weighted by molar-refractivity contribution is 0.718. The number of benzene rings is 1. The Hall–Kier alpha value is -1.32. The van der Waals surface area contributed by atoms with Gasteiger partial charge < -0.3 is 4.90 Å². The quantitative estimate of drug-likeness (QED) is 0.753. The molecule has 112 valence electrons. The summed E-state index contributed by atoms with van der Waals surface area (Å²) in [4.78, 5) is 11.0. The van der Waals surface area contributed by atoms with E-state index in [0.717, 1.165) is 34.2 Å². The van der Waals surface area contributed by atoms with Crippen molar-refractivity contribution in [1.29, 1.82) is 0 Å². The third kappa shape index (κ3) is 3.47. The number of hydrogen-bond donors (Lipinski definition) is 0. The van der Waals surface area contributed by atoms with Crippen LogP contribution in [-0.2, 0) is 6.42 Å². The van der Waals surface area contributed by atoms with Crippen LogP contribution < -0.4 is 4.90 Å². The van der Waals surface area contributed by atoms with Crippen LogP contribution in [0.1, 0.15) is 36.8 Å². The van der Waals surface area contributed by atoms with Crippen LogP contribution in [0.3, 0.4) is 0 Å². The molecule has 0 spiro atoms. The Bertz CT molecular complexity index is 643. The maximum Gasteiger partial charge on any atom is 0.137 e. The molecular formula is C16H19Cl2N3. The molecule has 1 heterocycles. The van der Waals surface area contributed by atoms with E-state index in [2.05, 4.69) is 27.9 Å². The van der Waals surface area contributed by atoms with Crippen LogP contribution in [0.25, 0.3) is 0 Å². The molecule has 2 rings (SSSR count). The Labute approximate surface area is 135 Å². The van der Waals surface area contributed by atoms with E-state index in [4.69, 9.17) is 23.2 Å². The van der Waals surface area contributed by atoms with Crippen molar-refractivity contribution < 1.29 is 0 Å². The largest absolute Gasteiger partial charge is 0.353 e. The summed E-state index contributed by atoms with van der Waals surface area (Å²) >= 11 is 12.3. The molecule has 0 radical (unpaired) electrons. The summed E-state index contributed by atoms with van der Waals surface area (Å²) in [6.07, 6.45) is 0.756. The van der Waals surface area contributed by atoms with E-state index < -0.39 is 0 Å². The summed E-state index contributed by atoms with van der Waals surface area (Å²) in [6, 6.07) is 8.00. The van der Waals surface area contributed by atoms with Gasteiger partial charge in [-0.1, -0.05) is 42.3 Å². The fourth-order valence-corrected chi connectivity index (χ4v) is 2.58. The normalized spacial score (nSPS) is 12.3. The van der Waals surface area contributed by atoms with Gasteiger partial charge in [-0.15, -0.1) is 0 Å². The first-order valence-corrected chi connectivity index (χ1v) is 7.71. The standard InChI is InChI=1S/C16H19Cl2N3/c1-5-14-19-15(18)10(2)16(20-14)21(4)11(3)12-7-6-8-13(17)9-12/h6-9,11H,5H2,1-4H3. The molecule has 5 heteroatoms. The minimum Gasteiger partial charge on any atom is -0.353 e. The lowest BCUT2D eigenvalue weighted by atomic mass is 10.1. The minimum absolute atomic E-state index is 0.137. The van der Waals surface area contributed by atoms with E-state index in [1.165, 1.54) is 0 Å². The molecule has 1 atom stereocenters. The summed E-state index contributed by atoms with van der Waals surface area (Å²) in [5.41, 5.74) is 2.03. The van der Waals surface area contributed by atoms with Crippen molar-refractivity contribution in [2.45, 2.75) is 33.2 Å². The van der Waals surface area contributed by atoms with Crippen LogP contribution in [0.2, 0.25) is 10.2 Å². The number of anilines is 1. The van der Waals surface area contributed by atoms with Gasteiger partial charge in [0, 0.05) is 24.1 Å². The number of halogens is 2. The summed E-state index contributed by atoms with van der Waals surface area (Å²) < 4.78 is 0. The van der Waals surface area contributed by atoms with Gasteiger partial charge in [0.2, 0.25) is 0 Å². The fraction of sp³-hybridized carbons (Fsp3) is 0.375. The third-order valence-electron chi connectivity index (χ3n) is 3.67. The molecule has 1 aromatic carbocycles. The molecule has 0 N–H and O–H groups in total. The molecule has 0 aliphatic carbocycles. The van der Waals surface area contributed by atoms with Crippen molar-refractivity contribution in [2.24, 2.45) is 0 Å².